The van der Waals surface area contributed by atoms with Gasteiger partial charge in [0.15, 0.2) is 0 Å². The Hall–Kier alpha value is -3.02. The summed E-state index contributed by atoms with van der Waals surface area (Å²) in [5.74, 6) is 0.808. The normalized spacial score (nSPS) is 14.0. The fraction of sp³-hybridized carbons (Fsp3) is 0.222. The van der Waals surface area contributed by atoms with Gasteiger partial charge in [0.25, 0.3) is 5.91 Å². The fourth-order valence-corrected chi connectivity index (χ4v) is 2.34. The Morgan fingerprint density at radius 3 is 2.83 bits per heavy atom. The maximum atomic E-state index is 12.3. The Bertz CT molecular complexity index is 765. The van der Waals surface area contributed by atoms with Gasteiger partial charge in [-0.2, -0.15) is 0 Å². The first-order valence-electron chi connectivity index (χ1n) is 7.67. The molecule has 2 N–H and O–H groups in total. The van der Waals surface area contributed by atoms with E-state index in [1.165, 1.54) is 0 Å². The number of nitrogens with one attached hydrogen (secondary N) is 2. The van der Waals surface area contributed by atoms with Crippen molar-refractivity contribution < 1.29 is 18.7 Å². The maximum absolute atomic E-state index is 12.3. The lowest BCUT2D eigenvalue weighted by molar-refractivity contribution is -0.127. The zero-order chi connectivity index (χ0) is 16.9. The van der Waals surface area contributed by atoms with E-state index in [4.69, 9.17) is 9.15 Å². The fourth-order valence-electron chi connectivity index (χ4n) is 2.34. The molecular weight excluding hydrogens is 308 g/mol. The number of rotatable bonds is 5. The lowest BCUT2D eigenvalue weighted by Crippen LogP contribution is -2.45. The predicted molar refractivity (Wildman–Crippen MR) is 88.1 cm³/mol. The highest BCUT2D eigenvalue weighted by Crippen LogP contribution is 2.25. The molecule has 24 heavy (non-hydrogen) atoms. The zero-order valence-electron chi connectivity index (χ0n) is 13.2. The minimum absolute atomic E-state index is 0.184. The third-order valence-corrected chi connectivity index (χ3v) is 3.68. The van der Waals surface area contributed by atoms with Gasteiger partial charge in [0.2, 0.25) is 5.91 Å². The van der Waals surface area contributed by atoms with Crippen LogP contribution in [0.25, 0.3) is 6.08 Å². The summed E-state index contributed by atoms with van der Waals surface area (Å²) >= 11 is 0. The summed E-state index contributed by atoms with van der Waals surface area (Å²) in [4.78, 5) is 24.3. The molecule has 2 heterocycles. The number of para-hydroxylation sites is 1. The molecule has 0 radical (unpaired) electrons. The number of fused-ring (bicyclic) bond motifs is 1. The second-order valence-corrected chi connectivity index (χ2v) is 5.49. The van der Waals surface area contributed by atoms with Crippen LogP contribution in [0.1, 0.15) is 18.2 Å². The van der Waals surface area contributed by atoms with Crippen LogP contribution in [0.5, 0.6) is 5.75 Å². The molecule has 0 saturated carbocycles. The van der Waals surface area contributed by atoms with Gasteiger partial charge in [-0.25, -0.2) is 0 Å². The second-order valence-electron chi connectivity index (χ2n) is 5.49. The number of carbonyl (C=O) groups is 2. The Morgan fingerprint density at radius 1 is 1.21 bits per heavy atom. The van der Waals surface area contributed by atoms with E-state index in [0.717, 1.165) is 11.3 Å². The SMILES string of the molecule is CC(NC(=O)C1=Cc2ccccc2OC1)C(=O)NCc1ccco1. The molecule has 0 saturated heterocycles. The summed E-state index contributed by atoms with van der Waals surface area (Å²) in [6.07, 6.45) is 3.32. The van der Waals surface area contributed by atoms with Gasteiger partial charge in [-0.05, 0) is 31.2 Å². The van der Waals surface area contributed by atoms with Crippen molar-refractivity contribution >= 4 is 17.9 Å². The van der Waals surface area contributed by atoms with Crippen LogP contribution in [-0.2, 0) is 16.1 Å². The van der Waals surface area contributed by atoms with Crippen LogP contribution in [0, 0.1) is 0 Å². The molecule has 0 aliphatic carbocycles. The third kappa shape index (κ3) is 3.65. The molecule has 1 aromatic heterocycles. The number of amides is 2. The lowest BCUT2D eigenvalue weighted by Gasteiger charge is -2.19. The van der Waals surface area contributed by atoms with E-state index >= 15 is 0 Å². The van der Waals surface area contributed by atoms with Crippen molar-refractivity contribution in [2.24, 2.45) is 0 Å². The average Bonchev–Trinajstić information content (AvgIpc) is 3.12. The predicted octanol–water partition coefficient (Wildman–Crippen LogP) is 1.88. The highest BCUT2D eigenvalue weighted by molar-refractivity contribution is 6.01. The van der Waals surface area contributed by atoms with Crippen molar-refractivity contribution in [2.45, 2.75) is 19.5 Å². The summed E-state index contributed by atoms with van der Waals surface area (Å²) in [7, 11) is 0. The molecule has 6 heteroatoms. The molecule has 0 fully saturated rings. The molecule has 0 bridgehead atoms. The van der Waals surface area contributed by atoms with Gasteiger partial charge < -0.3 is 19.8 Å². The van der Waals surface area contributed by atoms with E-state index in [0.29, 0.717) is 11.3 Å². The second kappa shape index (κ2) is 7.04. The number of carbonyl (C=O) groups excluding carboxylic acids is 2. The minimum Gasteiger partial charge on any atom is -0.488 e. The standard InChI is InChI=1S/C18H18N2O4/c1-12(17(21)19-10-15-6-4-8-23-15)20-18(22)14-9-13-5-2-3-7-16(13)24-11-14/h2-9,12H,10-11H2,1H3,(H,19,21)(H,20,22). The Kier molecular flexibility index (Phi) is 4.65. The Balaban J connectivity index is 1.56. The van der Waals surface area contributed by atoms with Gasteiger partial charge in [-0.1, -0.05) is 18.2 Å². The average molecular weight is 326 g/mol. The number of hydrogen-bond acceptors (Lipinski definition) is 4. The van der Waals surface area contributed by atoms with Crippen LogP contribution in [0.3, 0.4) is 0 Å². The highest BCUT2D eigenvalue weighted by atomic mass is 16.5. The minimum atomic E-state index is -0.662. The third-order valence-electron chi connectivity index (χ3n) is 3.68. The van der Waals surface area contributed by atoms with Crippen molar-refractivity contribution in [3.05, 3.63) is 59.6 Å². The van der Waals surface area contributed by atoms with Gasteiger partial charge in [-0.15, -0.1) is 0 Å². The number of ether oxygens (including phenoxy) is 1. The van der Waals surface area contributed by atoms with E-state index in [-0.39, 0.29) is 25.0 Å². The molecule has 3 rings (SSSR count). The molecule has 1 unspecified atom stereocenters. The largest absolute Gasteiger partial charge is 0.488 e. The Labute approximate surface area is 139 Å². The van der Waals surface area contributed by atoms with Gasteiger partial charge in [0.1, 0.15) is 24.2 Å². The van der Waals surface area contributed by atoms with Crippen LogP contribution in [-0.4, -0.2) is 24.5 Å². The first-order chi connectivity index (χ1) is 11.6. The molecule has 1 aliphatic rings. The molecule has 1 aromatic carbocycles. The van der Waals surface area contributed by atoms with Crippen LogP contribution < -0.4 is 15.4 Å². The first kappa shape index (κ1) is 15.9. The summed E-state index contributed by atoms with van der Waals surface area (Å²) in [5, 5.41) is 5.39. The summed E-state index contributed by atoms with van der Waals surface area (Å²) in [6.45, 7) is 2.10. The van der Waals surface area contributed by atoms with Gasteiger partial charge in [0, 0.05) is 5.56 Å². The Morgan fingerprint density at radius 2 is 2.04 bits per heavy atom. The molecule has 0 spiro atoms. The summed E-state index contributed by atoms with van der Waals surface area (Å²) in [6, 6.07) is 10.3. The van der Waals surface area contributed by atoms with Crippen molar-refractivity contribution in [2.75, 3.05) is 6.61 Å². The van der Waals surface area contributed by atoms with E-state index < -0.39 is 6.04 Å². The van der Waals surface area contributed by atoms with Crippen LogP contribution in [0.15, 0.2) is 52.7 Å². The maximum Gasteiger partial charge on any atom is 0.251 e. The molecule has 1 atom stereocenters. The quantitative estimate of drug-likeness (QED) is 0.879. The van der Waals surface area contributed by atoms with E-state index in [1.54, 1.807) is 31.4 Å². The summed E-state index contributed by atoms with van der Waals surface area (Å²) < 4.78 is 10.7. The van der Waals surface area contributed by atoms with E-state index in [9.17, 15) is 9.59 Å². The zero-order valence-corrected chi connectivity index (χ0v) is 13.2. The number of furan rings is 1. The molecule has 2 aromatic rings. The number of benzene rings is 1. The van der Waals surface area contributed by atoms with Gasteiger partial charge in [0.05, 0.1) is 18.4 Å². The number of hydrogen-bond donors (Lipinski definition) is 2. The molecular formula is C18H18N2O4. The van der Waals surface area contributed by atoms with E-state index in [2.05, 4.69) is 10.6 Å². The van der Waals surface area contributed by atoms with Crippen molar-refractivity contribution in [1.29, 1.82) is 0 Å². The molecule has 6 nitrogen and oxygen atoms in total. The smallest absolute Gasteiger partial charge is 0.251 e. The van der Waals surface area contributed by atoms with Crippen LogP contribution in [0.4, 0.5) is 0 Å². The van der Waals surface area contributed by atoms with Crippen molar-refractivity contribution in [1.82, 2.24) is 10.6 Å². The molecule has 124 valence electrons. The van der Waals surface area contributed by atoms with Crippen molar-refractivity contribution in [3.8, 4) is 5.75 Å². The monoisotopic (exact) mass is 326 g/mol. The highest BCUT2D eigenvalue weighted by Gasteiger charge is 2.21. The summed E-state index contributed by atoms with van der Waals surface area (Å²) in [5.41, 5.74) is 1.34. The van der Waals surface area contributed by atoms with Gasteiger partial charge >= 0.3 is 0 Å². The van der Waals surface area contributed by atoms with Crippen LogP contribution >= 0.6 is 0 Å². The topological polar surface area (TPSA) is 80.6 Å². The van der Waals surface area contributed by atoms with Crippen molar-refractivity contribution in [3.63, 3.8) is 0 Å². The van der Waals surface area contributed by atoms with E-state index in [1.807, 2.05) is 24.3 Å². The molecule has 2 amide bonds. The van der Waals surface area contributed by atoms with Crippen LogP contribution in [0.2, 0.25) is 0 Å². The van der Waals surface area contributed by atoms with Gasteiger partial charge in [-0.3, -0.25) is 9.59 Å². The molecule has 1 aliphatic heterocycles. The first-order valence-corrected chi connectivity index (χ1v) is 7.67. The lowest BCUT2D eigenvalue weighted by atomic mass is 10.1.